The second-order valence-electron chi connectivity index (χ2n) is 8.23. The van der Waals surface area contributed by atoms with Crippen molar-refractivity contribution in [3.8, 4) is 5.69 Å². The minimum absolute atomic E-state index is 0.714. The third-order valence-corrected chi connectivity index (χ3v) is 6.67. The molecule has 0 N–H and O–H groups in total. The summed E-state index contributed by atoms with van der Waals surface area (Å²) in [6.07, 6.45) is 5.77. The highest BCUT2D eigenvalue weighted by atomic mass is 32.2. The Morgan fingerprint density at radius 1 is 0.935 bits per heavy atom. The van der Waals surface area contributed by atoms with Gasteiger partial charge in [0.05, 0.1) is 11.4 Å². The molecule has 0 spiro atoms. The summed E-state index contributed by atoms with van der Waals surface area (Å²) in [4.78, 5) is 11.6. The first kappa shape index (κ1) is 20.1. The summed E-state index contributed by atoms with van der Waals surface area (Å²) in [5.74, 6) is 2.41. The smallest absolute Gasteiger partial charge is 0.234 e. The van der Waals surface area contributed by atoms with Crippen LogP contribution in [0.3, 0.4) is 0 Å². The van der Waals surface area contributed by atoms with Crippen molar-refractivity contribution in [3.05, 3.63) is 59.2 Å². The maximum Gasteiger partial charge on any atom is 0.234 e. The molecule has 0 unspecified atom stereocenters. The van der Waals surface area contributed by atoms with Gasteiger partial charge in [-0.25, -0.2) is 9.97 Å². The van der Waals surface area contributed by atoms with Crippen LogP contribution in [0.5, 0.6) is 0 Å². The number of thioether (sulfide) groups is 1. The summed E-state index contributed by atoms with van der Waals surface area (Å²) in [6, 6.07) is 10.7. The van der Waals surface area contributed by atoms with E-state index in [0.29, 0.717) is 5.75 Å². The molecule has 0 saturated carbocycles. The molecule has 3 aromatic heterocycles. The van der Waals surface area contributed by atoms with E-state index in [1.165, 1.54) is 24.8 Å². The van der Waals surface area contributed by atoms with E-state index in [1.807, 2.05) is 11.3 Å². The zero-order valence-corrected chi connectivity index (χ0v) is 19.1. The second-order valence-corrected chi connectivity index (χ2v) is 9.17. The third-order valence-electron chi connectivity index (χ3n) is 5.71. The lowest BCUT2D eigenvalue weighted by Crippen LogP contribution is -2.31. The molecule has 1 fully saturated rings. The first-order valence-corrected chi connectivity index (χ1v) is 11.8. The molecule has 1 aliphatic heterocycles. The molecule has 0 bridgehead atoms. The van der Waals surface area contributed by atoms with Crippen LogP contribution in [0.1, 0.15) is 41.9 Å². The lowest BCUT2D eigenvalue weighted by atomic mass is 10.1. The third kappa shape index (κ3) is 4.04. The highest BCUT2D eigenvalue weighted by Crippen LogP contribution is 2.30. The van der Waals surface area contributed by atoms with Gasteiger partial charge in [0, 0.05) is 36.4 Å². The Labute approximate surface area is 186 Å². The Morgan fingerprint density at radius 3 is 2.48 bits per heavy atom. The van der Waals surface area contributed by atoms with E-state index in [0.717, 1.165) is 52.7 Å². The number of aromatic nitrogens is 6. The summed E-state index contributed by atoms with van der Waals surface area (Å²) < 4.78 is 4.24. The lowest BCUT2D eigenvalue weighted by molar-refractivity contribution is 0.564. The normalized spacial score (nSPS) is 14.5. The van der Waals surface area contributed by atoms with Crippen molar-refractivity contribution < 1.29 is 0 Å². The van der Waals surface area contributed by atoms with Crippen LogP contribution in [-0.2, 0) is 5.75 Å². The maximum atomic E-state index is 4.72. The SMILES string of the molecule is Cc1ccc(-n2c(SCc3cn4c(C)cc(C)nc4n3)nnc2N2CCCCC2)cc1. The number of anilines is 1. The molecule has 4 aromatic rings. The number of aryl methyl sites for hydroxylation is 3. The van der Waals surface area contributed by atoms with Gasteiger partial charge in [-0.1, -0.05) is 29.5 Å². The number of piperidine rings is 1. The molecule has 1 aliphatic rings. The van der Waals surface area contributed by atoms with Crippen molar-refractivity contribution in [2.24, 2.45) is 0 Å². The fourth-order valence-electron chi connectivity index (χ4n) is 4.10. The van der Waals surface area contributed by atoms with Crippen molar-refractivity contribution in [2.45, 2.75) is 50.9 Å². The van der Waals surface area contributed by atoms with Gasteiger partial charge in [-0.05, 0) is 58.2 Å². The molecule has 4 heterocycles. The minimum atomic E-state index is 0.714. The van der Waals surface area contributed by atoms with Crippen LogP contribution in [0.25, 0.3) is 11.5 Å². The number of hydrogen-bond donors (Lipinski definition) is 0. The van der Waals surface area contributed by atoms with Crippen LogP contribution in [0.15, 0.2) is 41.7 Å². The highest BCUT2D eigenvalue weighted by Gasteiger charge is 2.22. The van der Waals surface area contributed by atoms with E-state index >= 15 is 0 Å². The molecule has 0 aliphatic carbocycles. The predicted octanol–water partition coefficient (Wildman–Crippen LogP) is 4.52. The van der Waals surface area contributed by atoms with Gasteiger partial charge < -0.3 is 4.90 Å². The molecule has 160 valence electrons. The maximum absolute atomic E-state index is 4.72. The monoisotopic (exact) mass is 433 g/mol. The van der Waals surface area contributed by atoms with Gasteiger partial charge in [-0.2, -0.15) is 0 Å². The van der Waals surface area contributed by atoms with Gasteiger partial charge in [0.15, 0.2) is 5.16 Å². The molecule has 0 amide bonds. The molecule has 1 aromatic carbocycles. The van der Waals surface area contributed by atoms with Gasteiger partial charge in [-0.15, -0.1) is 10.2 Å². The zero-order valence-electron chi connectivity index (χ0n) is 18.2. The van der Waals surface area contributed by atoms with E-state index in [2.05, 4.69) is 75.0 Å². The molecular formula is C23H27N7S. The van der Waals surface area contributed by atoms with Gasteiger partial charge in [0.25, 0.3) is 0 Å². The van der Waals surface area contributed by atoms with Gasteiger partial charge in [0.2, 0.25) is 11.7 Å². The van der Waals surface area contributed by atoms with Gasteiger partial charge in [-0.3, -0.25) is 8.97 Å². The Bertz CT molecular complexity index is 1200. The molecule has 31 heavy (non-hydrogen) atoms. The van der Waals surface area contributed by atoms with Crippen LogP contribution in [-0.4, -0.2) is 42.2 Å². The van der Waals surface area contributed by atoms with E-state index in [1.54, 1.807) is 11.8 Å². The average molecular weight is 434 g/mol. The topological polar surface area (TPSA) is 64.1 Å². The summed E-state index contributed by atoms with van der Waals surface area (Å²) >= 11 is 1.67. The standard InChI is InChI=1S/C23H27N7S/c1-16-7-9-20(10-8-16)30-22(28-11-5-4-6-12-28)26-27-23(30)31-15-19-14-29-18(3)13-17(2)24-21(29)25-19/h7-10,13-14H,4-6,11-12,15H2,1-3H3. The van der Waals surface area contributed by atoms with Crippen molar-refractivity contribution in [1.29, 1.82) is 0 Å². The van der Waals surface area contributed by atoms with E-state index in [9.17, 15) is 0 Å². The number of benzene rings is 1. The summed E-state index contributed by atoms with van der Waals surface area (Å²) in [7, 11) is 0. The second kappa shape index (κ2) is 8.34. The molecule has 8 heteroatoms. The molecule has 1 saturated heterocycles. The number of hydrogen-bond acceptors (Lipinski definition) is 6. The summed E-state index contributed by atoms with van der Waals surface area (Å²) in [6.45, 7) is 8.26. The number of rotatable bonds is 5. The minimum Gasteiger partial charge on any atom is -0.341 e. The molecule has 5 rings (SSSR count). The molecule has 7 nitrogen and oxygen atoms in total. The molecule has 0 atom stereocenters. The van der Waals surface area contributed by atoms with Crippen LogP contribution < -0.4 is 4.90 Å². The van der Waals surface area contributed by atoms with Crippen LogP contribution in [0, 0.1) is 20.8 Å². The van der Waals surface area contributed by atoms with Crippen molar-refractivity contribution in [2.75, 3.05) is 18.0 Å². The fraction of sp³-hybridized carbons (Fsp3) is 0.391. The largest absolute Gasteiger partial charge is 0.341 e. The molecular weight excluding hydrogens is 406 g/mol. The predicted molar refractivity (Wildman–Crippen MR) is 124 cm³/mol. The number of fused-ring (bicyclic) bond motifs is 1. The van der Waals surface area contributed by atoms with Crippen LogP contribution >= 0.6 is 11.8 Å². The van der Waals surface area contributed by atoms with E-state index in [-0.39, 0.29) is 0 Å². The zero-order chi connectivity index (χ0) is 21.4. The number of imidazole rings is 1. The summed E-state index contributed by atoms with van der Waals surface area (Å²) in [5, 5.41) is 10.1. The number of nitrogens with zero attached hydrogens (tertiary/aromatic N) is 7. The lowest BCUT2D eigenvalue weighted by Gasteiger charge is -2.27. The van der Waals surface area contributed by atoms with E-state index in [4.69, 9.17) is 4.98 Å². The molecule has 0 radical (unpaired) electrons. The van der Waals surface area contributed by atoms with Gasteiger partial charge >= 0.3 is 0 Å². The Balaban J connectivity index is 1.46. The average Bonchev–Trinajstić information content (AvgIpc) is 3.37. The van der Waals surface area contributed by atoms with Crippen molar-refractivity contribution in [1.82, 2.24) is 29.1 Å². The highest BCUT2D eigenvalue weighted by molar-refractivity contribution is 7.98. The quantitative estimate of drug-likeness (QED) is 0.431. The van der Waals surface area contributed by atoms with Crippen molar-refractivity contribution >= 4 is 23.5 Å². The Kier molecular flexibility index (Phi) is 5.40. The first-order valence-electron chi connectivity index (χ1n) is 10.8. The Morgan fingerprint density at radius 2 is 1.71 bits per heavy atom. The first-order chi connectivity index (χ1) is 15.1. The van der Waals surface area contributed by atoms with E-state index < -0.39 is 0 Å². The Hall–Kier alpha value is -2.87. The summed E-state index contributed by atoms with van der Waals surface area (Å²) in [5.41, 5.74) is 5.46. The van der Waals surface area contributed by atoms with Crippen LogP contribution in [0.4, 0.5) is 5.95 Å². The van der Waals surface area contributed by atoms with Crippen LogP contribution in [0.2, 0.25) is 0 Å². The fourth-order valence-corrected chi connectivity index (χ4v) is 4.93. The van der Waals surface area contributed by atoms with Gasteiger partial charge in [0.1, 0.15) is 0 Å². The van der Waals surface area contributed by atoms with Crippen molar-refractivity contribution in [3.63, 3.8) is 0 Å².